The van der Waals surface area contributed by atoms with Gasteiger partial charge < -0.3 is 15.0 Å². The molecule has 2 aromatic rings. The van der Waals surface area contributed by atoms with Crippen molar-refractivity contribution in [2.75, 3.05) is 6.54 Å². The summed E-state index contributed by atoms with van der Waals surface area (Å²) >= 11 is 0. The van der Waals surface area contributed by atoms with Crippen molar-refractivity contribution in [3.8, 4) is 5.82 Å². The van der Waals surface area contributed by atoms with Crippen LogP contribution in [-0.4, -0.2) is 38.0 Å². The highest BCUT2D eigenvalue weighted by atomic mass is 16.3. The molecule has 0 saturated heterocycles. The zero-order valence-corrected chi connectivity index (χ0v) is 12.1. The number of aryl methyl sites for hydroxylation is 1. The number of nitrogens with zero attached hydrogens (tertiary/aromatic N) is 3. The fraction of sp³-hybridized carbons (Fsp3) is 0.467. The molecular weight excluding hydrogens is 268 g/mol. The standard InChI is InChI=1S/C15H20N4O2/c1-18-15(19-7-2-3-8-19)12(10-17-18)14(21)16-9-11-5-4-6-13(11)20/h2-3,7-8,10-11,13,20H,4-6,9H2,1H3,(H,16,21). The van der Waals surface area contributed by atoms with Gasteiger partial charge in [0.2, 0.25) is 0 Å². The predicted octanol–water partition coefficient (Wildman–Crippen LogP) is 1.10. The number of aromatic nitrogens is 3. The van der Waals surface area contributed by atoms with Gasteiger partial charge in [-0.2, -0.15) is 5.10 Å². The number of amides is 1. The molecule has 1 fully saturated rings. The molecule has 1 saturated carbocycles. The molecule has 1 amide bonds. The van der Waals surface area contributed by atoms with E-state index in [1.807, 2.05) is 36.1 Å². The number of rotatable bonds is 4. The van der Waals surface area contributed by atoms with Crippen molar-refractivity contribution in [3.63, 3.8) is 0 Å². The molecule has 112 valence electrons. The number of carbonyl (C=O) groups excluding carboxylic acids is 1. The first-order chi connectivity index (χ1) is 10.2. The maximum Gasteiger partial charge on any atom is 0.256 e. The largest absolute Gasteiger partial charge is 0.393 e. The lowest BCUT2D eigenvalue weighted by Crippen LogP contribution is -2.32. The number of aliphatic hydroxyl groups is 1. The lowest BCUT2D eigenvalue weighted by Gasteiger charge is -2.15. The Labute approximate surface area is 123 Å². The second-order valence-electron chi connectivity index (χ2n) is 5.56. The Bertz CT molecular complexity index is 618. The molecule has 0 spiro atoms. The molecular formula is C15H20N4O2. The molecule has 0 radical (unpaired) electrons. The van der Waals surface area contributed by atoms with E-state index in [1.54, 1.807) is 10.9 Å². The van der Waals surface area contributed by atoms with Gasteiger partial charge >= 0.3 is 0 Å². The van der Waals surface area contributed by atoms with E-state index >= 15 is 0 Å². The molecule has 6 heteroatoms. The third kappa shape index (κ3) is 2.71. The van der Waals surface area contributed by atoms with E-state index in [2.05, 4.69) is 10.4 Å². The van der Waals surface area contributed by atoms with Crippen LogP contribution in [0.25, 0.3) is 5.82 Å². The molecule has 1 aliphatic rings. The van der Waals surface area contributed by atoms with Crippen LogP contribution in [0.3, 0.4) is 0 Å². The Morgan fingerprint density at radius 3 is 2.86 bits per heavy atom. The average molecular weight is 288 g/mol. The quantitative estimate of drug-likeness (QED) is 0.885. The molecule has 1 aliphatic carbocycles. The van der Waals surface area contributed by atoms with Crippen molar-refractivity contribution >= 4 is 5.91 Å². The highest BCUT2D eigenvalue weighted by Gasteiger charge is 2.26. The van der Waals surface area contributed by atoms with Crippen LogP contribution in [-0.2, 0) is 7.05 Å². The summed E-state index contributed by atoms with van der Waals surface area (Å²) in [6.07, 6.45) is 7.89. The lowest BCUT2D eigenvalue weighted by atomic mass is 10.1. The molecule has 6 nitrogen and oxygen atoms in total. The molecule has 0 bridgehead atoms. The van der Waals surface area contributed by atoms with Gasteiger partial charge in [-0.05, 0) is 25.0 Å². The van der Waals surface area contributed by atoms with Crippen molar-refractivity contribution in [2.45, 2.75) is 25.4 Å². The second-order valence-corrected chi connectivity index (χ2v) is 5.56. The zero-order valence-electron chi connectivity index (χ0n) is 12.1. The maximum atomic E-state index is 12.4. The van der Waals surface area contributed by atoms with Crippen LogP contribution in [0.2, 0.25) is 0 Å². The van der Waals surface area contributed by atoms with Crippen LogP contribution in [0, 0.1) is 5.92 Å². The smallest absolute Gasteiger partial charge is 0.256 e. The minimum Gasteiger partial charge on any atom is -0.393 e. The Morgan fingerprint density at radius 1 is 1.43 bits per heavy atom. The highest BCUT2D eigenvalue weighted by molar-refractivity contribution is 5.97. The fourth-order valence-corrected chi connectivity index (χ4v) is 2.95. The van der Waals surface area contributed by atoms with Gasteiger partial charge in [0.05, 0.1) is 12.3 Å². The van der Waals surface area contributed by atoms with Crippen molar-refractivity contribution in [1.29, 1.82) is 0 Å². The number of hydrogen-bond acceptors (Lipinski definition) is 3. The monoisotopic (exact) mass is 288 g/mol. The minimum atomic E-state index is -0.289. The average Bonchev–Trinajstić information content (AvgIpc) is 3.17. The van der Waals surface area contributed by atoms with Crippen LogP contribution in [0.4, 0.5) is 0 Å². The minimum absolute atomic E-state index is 0.147. The van der Waals surface area contributed by atoms with Crippen LogP contribution in [0.1, 0.15) is 29.6 Å². The van der Waals surface area contributed by atoms with E-state index in [0.29, 0.717) is 12.1 Å². The van der Waals surface area contributed by atoms with E-state index in [1.165, 1.54) is 0 Å². The number of aliphatic hydroxyl groups excluding tert-OH is 1. The van der Waals surface area contributed by atoms with Crippen LogP contribution in [0.5, 0.6) is 0 Å². The molecule has 2 unspecified atom stereocenters. The summed E-state index contributed by atoms with van der Waals surface area (Å²) in [4.78, 5) is 12.4. The Hall–Kier alpha value is -2.08. The van der Waals surface area contributed by atoms with Crippen molar-refractivity contribution < 1.29 is 9.90 Å². The van der Waals surface area contributed by atoms with E-state index in [4.69, 9.17) is 0 Å². The third-order valence-corrected chi connectivity index (χ3v) is 4.14. The first-order valence-electron chi connectivity index (χ1n) is 7.28. The van der Waals surface area contributed by atoms with Crippen molar-refractivity contribution in [2.24, 2.45) is 13.0 Å². The SMILES string of the molecule is Cn1ncc(C(=O)NCC2CCCC2O)c1-n1cccc1. The summed E-state index contributed by atoms with van der Waals surface area (Å²) in [5.41, 5.74) is 0.543. The molecule has 2 heterocycles. The summed E-state index contributed by atoms with van der Waals surface area (Å²) in [6, 6.07) is 3.81. The van der Waals surface area contributed by atoms with Crippen LogP contribution < -0.4 is 5.32 Å². The topological polar surface area (TPSA) is 72.1 Å². The van der Waals surface area contributed by atoms with Gasteiger partial charge in [0, 0.05) is 31.9 Å². The van der Waals surface area contributed by atoms with Gasteiger partial charge in [0.15, 0.2) is 0 Å². The van der Waals surface area contributed by atoms with Gasteiger partial charge in [-0.25, -0.2) is 0 Å². The van der Waals surface area contributed by atoms with E-state index in [-0.39, 0.29) is 17.9 Å². The number of hydrogen-bond donors (Lipinski definition) is 2. The zero-order chi connectivity index (χ0) is 14.8. The van der Waals surface area contributed by atoms with E-state index in [0.717, 1.165) is 25.1 Å². The Kier molecular flexibility index (Phi) is 3.79. The van der Waals surface area contributed by atoms with E-state index in [9.17, 15) is 9.90 Å². The fourth-order valence-electron chi connectivity index (χ4n) is 2.95. The predicted molar refractivity (Wildman–Crippen MR) is 78.2 cm³/mol. The van der Waals surface area contributed by atoms with Gasteiger partial charge in [-0.1, -0.05) is 6.42 Å². The molecule has 2 aromatic heterocycles. The molecule has 0 aromatic carbocycles. The molecule has 21 heavy (non-hydrogen) atoms. The Balaban J connectivity index is 1.73. The molecule has 2 N–H and O–H groups in total. The second kappa shape index (κ2) is 5.73. The Morgan fingerprint density at radius 2 is 2.19 bits per heavy atom. The summed E-state index contributed by atoms with van der Waals surface area (Å²) in [7, 11) is 1.81. The maximum absolute atomic E-state index is 12.4. The first-order valence-corrected chi connectivity index (χ1v) is 7.28. The summed E-state index contributed by atoms with van der Waals surface area (Å²) in [5.74, 6) is 0.760. The van der Waals surface area contributed by atoms with Gasteiger partial charge in [0.1, 0.15) is 11.4 Å². The van der Waals surface area contributed by atoms with E-state index < -0.39 is 0 Å². The normalized spacial score (nSPS) is 21.6. The van der Waals surface area contributed by atoms with Gasteiger partial charge in [-0.3, -0.25) is 9.48 Å². The van der Waals surface area contributed by atoms with Gasteiger partial charge in [-0.15, -0.1) is 0 Å². The summed E-state index contributed by atoms with van der Waals surface area (Å²) in [6.45, 7) is 0.514. The van der Waals surface area contributed by atoms with Crippen molar-refractivity contribution in [3.05, 3.63) is 36.3 Å². The molecule has 0 aliphatic heterocycles. The highest BCUT2D eigenvalue weighted by Crippen LogP contribution is 2.24. The van der Waals surface area contributed by atoms with Crippen LogP contribution >= 0.6 is 0 Å². The number of nitrogens with one attached hydrogen (secondary N) is 1. The molecule has 2 atom stereocenters. The third-order valence-electron chi connectivity index (χ3n) is 4.14. The summed E-state index contributed by atoms with van der Waals surface area (Å²) in [5, 5.41) is 16.9. The lowest BCUT2D eigenvalue weighted by molar-refractivity contribution is 0.0916. The van der Waals surface area contributed by atoms with Crippen LogP contribution in [0.15, 0.2) is 30.7 Å². The van der Waals surface area contributed by atoms with Gasteiger partial charge in [0.25, 0.3) is 5.91 Å². The molecule has 3 rings (SSSR count). The number of carbonyl (C=O) groups is 1. The first kappa shape index (κ1) is 13.9. The van der Waals surface area contributed by atoms with Crippen molar-refractivity contribution in [1.82, 2.24) is 19.7 Å². The summed E-state index contributed by atoms with van der Waals surface area (Å²) < 4.78 is 3.55.